The van der Waals surface area contributed by atoms with Crippen molar-refractivity contribution in [2.24, 2.45) is 5.41 Å². The molecule has 7 nitrogen and oxygen atoms in total. The molecule has 2 atom stereocenters. The van der Waals surface area contributed by atoms with Crippen LogP contribution in [0.15, 0.2) is 12.4 Å². The van der Waals surface area contributed by atoms with Crippen molar-refractivity contribution >= 4 is 11.9 Å². The number of hydrogen-bond acceptors (Lipinski definition) is 6. The number of nitrogens with zero attached hydrogens (tertiary/aromatic N) is 3. The van der Waals surface area contributed by atoms with E-state index in [1.165, 1.54) is 19.5 Å². The number of amides is 1. The van der Waals surface area contributed by atoms with Gasteiger partial charge in [-0.25, -0.2) is 14.4 Å². The average Bonchev–Trinajstić information content (AvgIpc) is 2.98. The number of halogens is 1. The number of piperidine rings is 1. The van der Waals surface area contributed by atoms with E-state index in [1.54, 1.807) is 0 Å². The standard InChI is InChI=1S/C16H23FN4O3/c1-23-10-14(22)18-5-3-16-4-7-24-13(16)2-6-21(11-16)15-19-8-12(17)9-20-15/h8-9,13H,2-7,10-11H2,1H3,(H,18,22)/t13-,16+/m1/s1. The maximum atomic E-state index is 13.0. The van der Waals surface area contributed by atoms with Gasteiger partial charge in [0.15, 0.2) is 5.82 Å². The lowest BCUT2D eigenvalue weighted by Crippen LogP contribution is -2.51. The first-order valence-corrected chi connectivity index (χ1v) is 8.23. The molecule has 3 heterocycles. The van der Waals surface area contributed by atoms with Crippen molar-refractivity contribution in [2.75, 3.05) is 44.9 Å². The third kappa shape index (κ3) is 3.64. The lowest BCUT2D eigenvalue weighted by molar-refractivity contribution is -0.124. The maximum absolute atomic E-state index is 13.0. The van der Waals surface area contributed by atoms with Crippen LogP contribution >= 0.6 is 0 Å². The molecule has 0 saturated carbocycles. The molecule has 1 aromatic heterocycles. The number of nitrogens with one attached hydrogen (secondary N) is 1. The van der Waals surface area contributed by atoms with E-state index in [2.05, 4.69) is 20.2 Å². The van der Waals surface area contributed by atoms with Crippen molar-refractivity contribution in [2.45, 2.75) is 25.4 Å². The van der Waals surface area contributed by atoms with Gasteiger partial charge in [-0.3, -0.25) is 4.79 Å². The largest absolute Gasteiger partial charge is 0.377 e. The maximum Gasteiger partial charge on any atom is 0.245 e. The fourth-order valence-electron chi connectivity index (χ4n) is 3.68. The molecule has 0 spiro atoms. The van der Waals surface area contributed by atoms with E-state index in [0.29, 0.717) is 12.5 Å². The van der Waals surface area contributed by atoms with Gasteiger partial charge in [0, 0.05) is 38.8 Å². The first kappa shape index (κ1) is 17.0. The van der Waals surface area contributed by atoms with Gasteiger partial charge < -0.3 is 19.7 Å². The summed E-state index contributed by atoms with van der Waals surface area (Å²) in [5, 5.41) is 2.88. The fraction of sp³-hybridized carbons (Fsp3) is 0.688. The van der Waals surface area contributed by atoms with Crippen molar-refractivity contribution in [3.05, 3.63) is 18.2 Å². The highest BCUT2D eigenvalue weighted by Crippen LogP contribution is 2.43. The van der Waals surface area contributed by atoms with Crippen LogP contribution in [-0.2, 0) is 14.3 Å². The zero-order valence-corrected chi connectivity index (χ0v) is 13.8. The zero-order chi connectivity index (χ0) is 17.0. The van der Waals surface area contributed by atoms with Crippen LogP contribution in [0.4, 0.5) is 10.3 Å². The van der Waals surface area contributed by atoms with Crippen molar-refractivity contribution < 1.29 is 18.7 Å². The Morgan fingerprint density at radius 3 is 3.08 bits per heavy atom. The number of rotatable bonds is 6. The highest BCUT2D eigenvalue weighted by atomic mass is 19.1. The molecule has 0 aliphatic carbocycles. The predicted molar refractivity (Wildman–Crippen MR) is 85.1 cm³/mol. The molecule has 2 saturated heterocycles. The van der Waals surface area contributed by atoms with Crippen LogP contribution in [0, 0.1) is 11.2 Å². The monoisotopic (exact) mass is 338 g/mol. The number of aromatic nitrogens is 2. The minimum Gasteiger partial charge on any atom is -0.377 e. The van der Waals surface area contributed by atoms with Crippen LogP contribution < -0.4 is 10.2 Å². The average molecular weight is 338 g/mol. The summed E-state index contributed by atoms with van der Waals surface area (Å²) in [6.07, 6.45) is 5.22. The molecule has 0 radical (unpaired) electrons. The summed E-state index contributed by atoms with van der Waals surface area (Å²) >= 11 is 0. The normalized spacial score (nSPS) is 26.2. The molecule has 2 aliphatic rings. The summed E-state index contributed by atoms with van der Waals surface area (Å²) in [5.41, 5.74) is -0.0314. The molecule has 8 heteroatoms. The van der Waals surface area contributed by atoms with E-state index in [1.807, 2.05) is 0 Å². The fourth-order valence-corrected chi connectivity index (χ4v) is 3.68. The second-order valence-electron chi connectivity index (χ2n) is 6.42. The smallest absolute Gasteiger partial charge is 0.245 e. The van der Waals surface area contributed by atoms with Gasteiger partial charge in [-0.1, -0.05) is 0 Å². The lowest BCUT2D eigenvalue weighted by Gasteiger charge is -2.43. The number of fused-ring (bicyclic) bond motifs is 1. The van der Waals surface area contributed by atoms with Gasteiger partial charge in [-0.05, 0) is 19.3 Å². The first-order valence-electron chi connectivity index (χ1n) is 8.23. The molecule has 24 heavy (non-hydrogen) atoms. The molecule has 132 valence electrons. The quantitative estimate of drug-likeness (QED) is 0.825. The predicted octanol–water partition coefficient (Wildman–Crippen LogP) is 0.754. The Morgan fingerprint density at radius 2 is 2.33 bits per heavy atom. The molecule has 1 aromatic rings. The molecule has 0 unspecified atom stereocenters. The molecule has 1 amide bonds. The molecular weight excluding hydrogens is 315 g/mol. The van der Waals surface area contributed by atoms with E-state index in [9.17, 15) is 9.18 Å². The van der Waals surface area contributed by atoms with Crippen molar-refractivity contribution in [3.8, 4) is 0 Å². The SMILES string of the molecule is COCC(=O)NCC[C@@]12CCO[C@@H]1CCN(c1ncc(F)cn1)C2. The Balaban J connectivity index is 1.64. The highest BCUT2D eigenvalue weighted by molar-refractivity contribution is 5.77. The highest BCUT2D eigenvalue weighted by Gasteiger charge is 2.47. The van der Waals surface area contributed by atoms with Crippen LogP contribution in [-0.4, -0.2) is 61.9 Å². The summed E-state index contributed by atoms with van der Waals surface area (Å²) in [6, 6.07) is 0. The van der Waals surface area contributed by atoms with Crippen LogP contribution in [0.2, 0.25) is 0 Å². The Bertz CT molecular complexity index is 571. The molecular formula is C16H23FN4O3. The minimum atomic E-state index is -0.437. The second kappa shape index (κ2) is 7.40. The van der Waals surface area contributed by atoms with Crippen molar-refractivity contribution in [3.63, 3.8) is 0 Å². The zero-order valence-electron chi connectivity index (χ0n) is 13.8. The van der Waals surface area contributed by atoms with E-state index >= 15 is 0 Å². The summed E-state index contributed by atoms with van der Waals surface area (Å²) in [5.74, 6) is -0.00292. The van der Waals surface area contributed by atoms with Gasteiger partial charge >= 0.3 is 0 Å². The number of ether oxygens (including phenoxy) is 2. The van der Waals surface area contributed by atoms with Gasteiger partial charge in [0.1, 0.15) is 6.61 Å². The summed E-state index contributed by atoms with van der Waals surface area (Å²) in [4.78, 5) is 21.8. The van der Waals surface area contributed by atoms with E-state index in [4.69, 9.17) is 9.47 Å². The third-order valence-corrected chi connectivity index (χ3v) is 4.88. The third-order valence-electron chi connectivity index (χ3n) is 4.88. The summed E-state index contributed by atoms with van der Waals surface area (Å²) in [6.45, 7) is 2.93. The topological polar surface area (TPSA) is 76.6 Å². The Labute approximate surface area is 140 Å². The van der Waals surface area contributed by atoms with Crippen LogP contribution in [0.1, 0.15) is 19.3 Å². The van der Waals surface area contributed by atoms with E-state index in [0.717, 1.165) is 39.0 Å². The molecule has 3 rings (SSSR count). The van der Waals surface area contributed by atoms with Gasteiger partial charge in [-0.15, -0.1) is 0 Å². The van der Waals surface area contributed by atoms with Crippen molar-refractivity contribution in [1.29, 1.82) is 0 Å². The van der Waals surface area contributed by atoms with Crippen LogP contribution in [0.3, 0.4) is 0 Å². The molecule has 0 aromatic carbocycles. The Kier molecular flexibility index (Phi) is 5.25. The van der Waals surface area contributed by atoms with Gasteiger partial charge in [0.25, 0.3) is 0 Å². The number of methoxy groups -OCH3 is 1. The number of carbonyl (C=O) groups excluding carboxylic acids is 1. The molecule has 1 N–H and O–H groups in total. The summed E-state index contributed by atoms with van der Waals surface area (Å²) in [7, 11) is 1.50. The first-order chi connectivity index (χ1) is 11.6. The number of carbonyl (C=O) groups is 1. The lowest BCUT2D eigenvalue weighted by atomic mass is 9.74. The summed E-state index contributed by atoms with van der Waals surface area (Å²) < 4.78 is 23.8. The molecule has 2 aliphatic heterocycles. The second-order valence-corrected chi connectivity index (χ2v) is 6.42. The van der Waals surface area contributed by atoms with Crippen molar-refractivity contribution in [1.82, 2.24) is 15.3 Å². The van der Waals surface area contributed by atoms with Gasteiger partial charge in [0.05, 0.1) is 18.5 Å². The van der Waals surface area contributed by atoms with Crippen LogP contribution in [0.25, 0.3) is 0 Å². The van der Waals surface area contributed by atoms with Gasteiger partial charge in [-0.2, -0.15) is 0 Å². The number of hydrogen-bond donors (Lipinski definition) is 1. The van der Waals surface area contributed by atoms with E-state index in [-0.39, 0.29) is 24.0 Å². The molecule has 2 fully saturated rings. The Hall–Kier alpha value is -1.80. The molecule has 0 bridgehead atoms. The van der Waals surface area contributed by atoms with Gasteiger partial charge in [0.2, 0.25) is 11.9 Å². The number of anilines is 1. The van der Waals surface area contributed by atoms with E-state index < -0.39 is 5.82 Å². The Morgan fingerprint density at radius 1 is 1.54 bits per heavy atom. The van der Waals surface area contributed by atoms with Crippen LogP contribution in [0.5, 0.6) is 0 Å². The minimum absolute atomic E-state index is 0.0314.